The maximum Gasteiger partial charge on any atom is 0.388 e. The minimum absolute atomic E-state index is 0.193. The molecule has 0 unspecified atom stereocenters. The van der Waals surface area contributed by atoms with Gasteiger partial charge in [-0.1, -0.05) is 0 Å². The Morgan fingerprint density at radius 3 is 2.73 bits per heavy atom. The van der Waals surface area contributed by atoms with Gasteiger partial charge in [0.05, 0.1) is 12.2 Å². The molecule has 0 aliphatic heterocycles. The first-order chi connectivity index (χ1) is 7.13. The number of aromatic nitrogens is 1. The van der Waals surface area contributed by atoms with E-state index in [1.165, 1.54) is 12.1 Å². The number of alkyl halides is 2. The molecule has 1 rings (SSSR count). The van der Waals surface area contributed by atoms with Crippen LogP contribution in [0.15, 0.2) is 18.3 Å². The molecule has 1 aromatic rings. The van der Waals surface area contributed by atoms with Crippen molar-refractivity contribution in [2.24, 2.45) is 0 Å². The molecule has 0 saturated carbocycles. The Balaban J connectivity index is 2.67. The smallest absolute Gasteiger partial charge is 0.388 e. The number of nitrogens with zero attached hydrogens (tertiary/aromatic N) is 1. The fourth-order valence-corrected chi connectivity index (χ4v) is 0.876. The maximum atomic E-state index is 11.7. The summed E-state index contributed by atoms with van der Waals surface area (Å²) >= 11 is 0. The molecule has 1 heterocycles. The topological polar surface area (TPSA) is 48.4 Å². The van der Waals surface area contributed by atoms with E-state index in [1.54, 1.807) is 6.92 Å². The third-order valence-corrected chi connectivity index (χ3v) is 1.46. The third kappa shape index (κ3) is 3.49. The van der Waals surface area contributed by atoms with Crippen LogP contribution < -0.4 is 4.74 Å². The van der Waals surface area contributed by atoms with E-state index in [0.29, 0.717) is 0 Å². The fourth-order valence-electron chi connectivity index (χ4n) is 0.876. The average Bonchev–Trinajstić information content (AvgIpc) is 2.18. The first kappa shape index (κ1) is 11.4. The molecule has 0 bridgehead atoms. The van der Waals surface area contributed by atoms with Gasteiger partial charge in [-0.05, 0) is 13.0 Å². The van der Waals surface area contributed by atoms with Gasteiger partial charge in [0.25, 0.3) is 0 Å². The lowest BCUT2D eigenvalue weighted by Crippen LogP contribution is -2.07. The van der Waals surface area contributed by atoms with Crippen LogP contribution in [0, 0.1) is 0 Å². The third-order valence-electron chi connectivity index (χ3n) is 1.46. The normalized spacial score (nSPS) is 10.1. The minimum Gasteiger partial charge on any atom is -0.462 e. The van der Waals surface area contributed by atoms with E-state index in [2.05, 4.69) is 14.5 Å². The number of hydrogen-bond donors (Lipinski definition) is 0. The number of carbonyl (C=O) groups is 1. The molecule has 0 aliphatic carbocycles. The van der Waals surface area contributed by atoms with Gasteiger partial charge in [0.1, 0.15) is 0 Å². The van der Waals surface area contributed by atoms with E-state index < -0.39 is 12.6 Å². The zero-order valence-electron chi connectivity index (χ0n) is 7.94. The molecule has 0 amide bonds. The maximum absolute atomic E-state index is 11.7. The summed E-state index contributed by atoms with van der Waals surface area (Å²) in [5.41, 5.74) is 0.193. The van der Waals surface area contributed by atoms with Crippen molar-refractivity contribution in [2.45, 2.75) is 13.5 Å². The molecule has 0 N–H and O–H groups in total. The lowest BCUT2D eigenvalue weighted by Gasteiger charge is -2.04. The largest absolute Gasteiger partial charge is 0.462 e. The van der Waals surface area contributed by atoms with Crippen molar-refractivity contribution in [1.82, 2.24) is 4.98 Å². The molecule has 0 spiro atoms. The summed E-state index contributed by atoms with van der Waals surface area (Å²) in [5.74, 6) is -0.786. The number of carbonyl (C=O) groups excluding carboxylic acids is 1. The highest BCUT2D eigenvalue weighted by atomic mass is 19.3. The van der Waals surface area contributed by atoms with E-state index >= 15 is 0 Å². The van der Waals surface area contributed by atoms with Gasteiger partial charge < -0.3 is 9.47 Å². The monoisotopic (exact) mass is 217 g/mol. The van der Waals surface area contributed by atoms with Crippen molar-refractivity contribution in [1.29, 1.82) is 0 Å². The number of esters is 1. The van der Waals surface area contributed by atoms with Gasteiger partial charge in [0.2, 0.25) is 5.88 Å². The Hall–Kier alpha value is -1.72. The van der Waals surface area contributed by atoms with Gasteiger partial charge in [-0.25, -0.2) is 9.78 Å². The van der Waals surface area contributed by atoms with Crippen LogP contribution in [0.1, 0.15) is 17.3 Å². The Kier molecular flexibility index (Phi) is 3.96. The van der Waals surface area contributed by atoms with Crippen LogP contribution in [0.5, 0.6) is 5.88 Å². The van der Waals surface area contributed by atoms with Gasteiger partial charge in [-0.15, -0.1) is 0 Å². The van der Waals surface area contributed by atoms with Crippen LogP contribution in [0.4, 0.5) is 8.78 Å². The summed E-state index contributed by atoms with van der Waals surface area (Å²) in [4.78, 5) is 14.6. The van der Waals surface area contributed by atoms with Crippen molar-refractivity contribution >= 4 is 5.97 Å². The number of hydrogen-bond acceptors (Lipinski definition) is 4. The Labute approximate surface area is 84.8 Å². The van der Waals surface area contributed by atoms with Gasteiger partial charge >= 0.3 is 12.6 Å². The summed E-state index contributed by atoms with van der Waals surface area (Å²) in [6.07, 6.45) is 1.12. The van der Waals surface area contributed by atoms with E-state index in [0.717, 1.165) is 6.20 Å². The van der Waals surface area contributed by atoms with Crippen LogP contribution >= 0.6 is 0 Å². The Morgan fingerprint density at radius 2 is 2.27 bits per heavy atom. The molecule has 0 aliphatic rings. The van der Waals surface area contributed by atoms with Crippen molar-refractivity contribution in [2.75, 3.05) is 6.61 Å². The molecule has 0 aromatic carbocycles. The molecule has 6 heteroatoms. The number of halogens is 2. The van der Waals surface area contributed by atoms with Crippen LogP contribution in [0.2, 0.25) is 0 Å². The lowest BCUT2D eigenvalue weighted by molar-refractivity contribution is -0.0528. The van der Waals surface area contributed by atoms with E-state index in [4.69, 9.17) is 0 Å². The summed E-state index contributed by atoms with van der Waals surface area (Å²) in [5, 5.41) is 0. The van der Waals surface area contributed by atoms with Crippen molar-refractivity contribution in [3.05, 3.63) is 23.9 Å². The predicted molar refractivity (Wildman–Crippen MR) is 46.8 cm³/mol. The Morgan fingerprint density at radius 1 is 1.53 bits per heavy atom. The molecule has 82 valence electrons. The standard InChI is InChI=1S/C9H9F2NO3/c1-2-14-8(13)6-3-4-7(12-5-6)15-9(10)11/h3-5,9H,2H2,1H3. The SMILES string of the molecule is CCOC(=O)c1ccc(OC(F)F)nc1. The number of pyridine rings is 1. The van der Waals surface area contributed by atoms with E-state index in [-0.39, 0.29) is 18.1 Å². The second-order valence-electron chi connectivity index (χ2n) is 2.48. The van der Waals surface area contributed by atoms with E-state index in [1.807, 2.05) is 0 Å². The molecule has 0 radical (unpaired) electrons. The van der Waals surface area contributed by atoms with Gasteiger partial charge in [0.15, 0.2) is 0 Å². The zero-order chi connectivity index (χ0) is 11.3. The first-order valence-corrected chi connectivity index (χ1v) is 4.21. The summed E-state index contributed by atoms with van der Waals surface area (Å²) in [6, 6.07) is 2.49. The van der Waals surface area contributed by atoms with Gasteiger partial charge in [-0.2, -0.15) is 8.78 Å². The second-order valence-corrected chi connectivity index (χ2v) is 2.48. The van der Waals surface area contributed by atoms with Crippen molar-refractivity contribution < 1.29 is 23.0 Å². The average molecular weight is 217 g/mol. The summed E-state index contributed by atoms with van der Waals surface area (Å²) < 4.78 is 32.2. The highest BCUT2D eigenvalue weighted by Gasteiger charge is 2.09. The summed E-state index contributed by atoms with van der Waals surface area (Å²) in [7, 11) is 0. The molecule has 0 fully saturated rings. The fraction of sp³-hybridized carbons (Fsp3) is 0.333. The Bertz CT molecular complexity index is 327. The minimum atomic E-state index is -2.93. The van der Waals surface area contributed by atoms with Gasteiger partial charge in [-0.3, -0.25) is 0 Å². The number of rotatable bonds is 4. The van der Waals surface area contributed by atoms with Crippen LogP contribution in [-0.2, 0) is 4.74 Å². The molecule has 0 saturated heterocycles. The van der Waals surface area contributed by atoms with Crippen molar-refractivity contribution in [3.8, 4) is 5.88 Å². The highest BCUT2D eigenvalue weighted by molar-refractivity contribution is 5.89. The van der Waals surface area contributed by atoms with Crippen molar-refractivity contribution in [3.63, 3.8) is 0 Å². The number of ether oxygens (including phenoxy) is 2. The van der Waals surface area contributed by atoms with Crippen LogP contribution in [0.25, 0.3) is 0 Å². The predicted octanol–water partition coefficient (Wildman–Crippen LogP) is 1.86. The molecule has 1 aromatic heterocycles. The quantitative estimate of drug-likeness (QED) is 0.722. The molecular weight excluding hydrogens is 208 g/mol. The molecule has 15 heavy (non-hydrogen) atoms. The first-order valence-electron chi connectivity index (χ1n) is 4.21. The van der Waals surface area contributed by atoms with Crippen LogP contribution in [0.3, 0.4) is 0 Å². The second kappa shape index (κ2) is 5.23. The molecule has 0 atom stereocenters. The van der Waals surface area contributed by atoms with Gasteiger partial charge in [0, 0.05) is 12.3 Å². The zero-order valence-corrected chi connectivity index (χ0v) is 7.94. The molecule has 4 nitrogen and oxygen atoms in total. The van der Waals surface area contributed by atoms with Crippen LogP contribution in [-0.4, -0.2) is 24.2 Å². The lowest BCUT2D eigenvalue weighted by atomic mass is 10.3. The van der Waals surface area contributed by atoms with E-state index in [9.17, 15) is 13.6 Å². The highest BCUT2D eigenvalue weighted by Crippen LogP contribution is 2.11. The summed E-state index contributed by atoms with van der Waals surface area (Å²) in [6.45, 7) is -1.01. The molecular formula is C9H9F2NO3.